The molecule has 1 heterocycles. The Morgan fingerprint density at radius 1 is 1.00 bits per heavy atom. The summed E-state index contributed by atoms with van der Waals surface area (Å²) in [6.45, 7) is 19.5. The fourth-order valence-electron chi connectivity index (χ4n) is 3.80. The van der Waals surface area contributed by atoms with Gasteiger partial charge in [0.1, 0.15) is 0 Å². The Bertz CT molecular complexity index is 477. The van der Waals surface area contributed by atoms with E-state index in [-0.39, 0.29) is 5.41 Å². The van der Waals surface area contributed by atoms with Crippen LogP contribution in [0, 0.1) is 0 Å². The summed E-state index contributed by atoms with van der Waals surface area (Å²) in [6.07, 6.45) is 2.47. The third kappa shape index (κ3) is 6.09. The van der Waals surface area contributed by atoms with E-state index in [1.54, 1.807) is 0 Å². The zero-order valence-corrected chi connectivity index (χ0v) is 17.1. The molecule has 0 aromatic heterocycles. The van der Waals surface area contributed by atoms with Crippen LogP contribution in [0.25, 0.3) is 0 Å². The molecule has 0 aliphatic carbocycles. The van der Waals surface area contributed by atoms with Crippen LogP contribution in [0.5, 0.6) is 0 Å². The molecule has 1 fully saturated rings. The monoisotopic (exact) mass is 345 g/mol. The maximum absolute atomic E-state index is 3.50. The Morgan fingerprint density at radius 3 is 2.04 bits per heavy atom. The molecule has 3 heteroatoms. The van der Waals surface area contributed by atoms with Gasteiger partial charge in [-0.1, -0.05) is 58.9 Å². The van der Waals surface area contributed by atoms with Crippen LogP contribution in [0.4, 0.5) is 0 Å². The molecule has 3 nitrogen and oxygen atoms in total. The minimum atomic E-state index is 0.222. The maximum atomic E-state index is 3.50. The molecule has 1 aliphatic heterocycles. The second-order valence-electron chi connectivity index (χ2n) is 8.47. The van der Waals surface area contributed by atoms with Crippen molar-refractivity contribution in [2.75, 3.05) is 45.8 Å². The lowest BCUT2D eigenvalue weighted by molar-refractivity contribution is 0.124. The second kappa shape index (κ2) is 9.70. The molecule has 0 amide bonds. The van der Waals surface area contributed by atoms with Gasteiger partial charge in [-0.15, -0.1) is 0 Å². The van der Waals surface area contributed by atoms with Gasteiger partial charge in [0.2, 0.25) is 0 Å². The molecule has 0 spiro atoms. The standard InChI is InChI=1S/C22H39N3/c1-6-14-24(15-7-2)18-21(25-16-12-23-13-17-25)19-8-10-20(11-9-19)22(3,4)5/h8-11,21,23H,6-7,12-18H2,1-5H3. The Hall–Kier alpha value is -0.900. The first kappa shape index (κ1) is 20.4. The maximum Gasteiger partial charge on any atom is 0.0476 e. The van der Waals surface area contributed by atoms with Crippen molar-refractivity contribution in [3.8, 4) is 0 Å². The van der Waals surface area contributed by atoms with Crippen molar-refractivity contribution < 1.29 is 0 Å². The number of benzene rings is 1. The number of rotatable bonds is 8. The van der Waals surface area contributed by atoms with Crippen molar-refractivity contribution in [1.82, 2.24) is 15.1 Å². The molecule has 1 aromatic rings. The third-order valence-electron chi connectivity index (χ3n) is 5.26. The molecule has 1 N–H and O–H groups in total. The van der Waals surface area contributed by atoms with Gasteiger partial charge in [0, 0.05) is 38.8 Å². The van der Waals surface area contributed by atoms with Crippen molar-refractivity contribution >= 4 is 0 Å². The molecular weight excluding hydrogens is 306 g/mol. The molecule has 25 heavy (non-hydrogen) atoms. The van der Waals surface area contributed by atoms with Crippen LogP contribution < -0.4 is 5.32 Å². The lowest BCUT2D eigenvalue weighted by atomic mass is 9.86. The number of hydrogen-bond donors (Lipinski definition) is 1. The number of nitrogens with zero attached hydrogens (tertiary/aromatic N) is 2. The third-order valence-corrected chi connectivity index (χ3v) is 5.26. The van der Waals surface area contributed by atoms with Crippen LogP contribution in [-0.4, -0.2) is 55.6 Å². The molecule has 0 radical (unpaired) electrons. The first-order valence-corrected chi connectivity index (χ1v) is 10.2. The number of piperazine rings is 1. The lowest BCUT2D eigenvalue weighted by Gasteiger charge is -2.38. The molecule has 1 aliphatic rings. The van der Waals surface area contributed by atoms with Gasteiger partial charge in [-0.2, -0.15) is 0 Å². The molecule has 1 unspecified atom stereocenters. The zero-order chi connectivity index (χ0) is 18.3. The zero-order valence-electron chi connectivity index (χ0n) is 17.1. The quantitative estimate of drug-likeness (QED) is 0.767. The molecule has 142 valence electrons. The van der Waals surface area contributed by atoms with Gasteiger partial charge in [-0.3, -0.25) is 4.90 Å². The SMILES string of the molecule is CCCN(CCC)CC(c1ccc(C(C)(C)C)cc1)N1CCNCC1. The van der Waals surface area contributed by atoms with Gasteiger partial charge in [0.15, 0.2) is 0 Å². The van der Waals surface area contributed by atoms with E-state index >= 15 is 0 Å². The predicted molar refractivity (Wildman–Crippen MR) is 109 cm³/mol. The summed E-state index contributed by atoms with van der Waals surface area (Å²) >= 11 is 0. The fraction of sp³-hybridized carbons (Fsp3) is 0.727. The summed E-state index contributed by atoms with van der Waals surface area (Å²) in [7, 11) is 0. The molecule has 2 rings (SSSR count). The van der Waals surface area contributed by atoms with Gasteiger partial charge in [0.05, 0.1) is 0 Å². The summed E-state index contributed by atoms with van der Waals surface area (Å²) in [5.74, 6) is 0. The lowest BCUT2D eigenvalue weighted by Crippen LogP contribution is -2.48. The van der Waals surface area contributed by atoms with Crippen molar-refractivity contribution in [2.45, 2.75) is 58.9 Å². The average Bonchev–Trinajstić information content (AvgIpc) is 2.60. The van der Waals surface area contributed by atoms with Crippen LogP contribution in [0.1, 0.15) is 64.6 Å². The molecule has 0 bridgehead atoms. The second-order valence-corrected chi connectivity index (χ2v) is 8.47. The highest BCUT2D eigenvalue weighted by Gasteiger charge is 2.24. The van der Waals surface area contributed by atoms with E-state index < -0.39 is 0 Å². The van der Waals surface area contributed by atoms with Crippen LogP contribution in [-0.2, 0) is 5.41 Å². The summed E-state index contributed by atoms with van der Waals surface area (Å²) in [5, 5.41) is 3.50. The first-order chi connectivity index (χ1) is 12.0. The highest BCUT2D eigenvalue weighted by molar-refractivity contribution is 5.29. The van der Waals surface area contributed by atoms with Crippen molar-refractivity contribution in [2.24, 2.45) is 0 Å². The van der Waals surface area contributed by atoms with Crippen LogP contribution in [0.15, 0.2) is 24.3 Å². The smallest absolute Gasteiger partial charge is 0.0476 e. The van der Waals surface area contributed by atoms with Gasteiger partial charge >= 0.3 is 0 Å². The summed E-state index contributed by atoms with van der Waals surface area (Å²) < 4.78 is 0. The van der Waals surface area contributed by atoms with Gasteiger partial charge in [0.25, 0.3) is 0 Å². The van der Waals surface area contributed by atoms with Crippen LogP contribution in [0.3, 0.4) is 0 Å². The molecular formula is C22H39N3. The van der Waals surface area contributed by atoms with Crippen LogP contribution >= 0.6 is 0 Å². The van der Waals surface area contributed by atoms with E-state index in [4.69, 9.17) is 0 Å². The number of hydrogen-bond acceptors (Lipinski definition) is 3. The normalized spacial score (nSPS) is 17.8. The molecule has 0 saturated carbocycles. The van der Waals surface area contributed by atoms with E-state index in [1.165, 1.54) is 37.1 Å². The molecule has 1 saturated heterocycles. The van der Waals surface area contributed by atoms with E-state index in [1.807, 2.05) is 0 Å². The van der Waals surface area contributed by atoms with E-state index in [2.05, 4.69) is 74.0 Å². The number of nitrogens with one attached hydrogen (secondary N) is 1. The minimum absolute atomic E-state index is 0.222. The van der Waals surface area contributed by atoms with E-state index in [9.17, 15) is 0 Å². The first-order valence-electron chi connectivity index (χ1n) is 10.2. The van der Waals surface area contributed by atoms with E-state index in [0.717, 1.165) is 32.7 Å². The molecule has 1 aromatic carbocycles. The Kier molecular flexibility index (Phi) is 7.92. The topological polar surface area (TPSA) is 18.5 Å². The highest BCUT2D eigenvalue weighted by atomic mass is 15.2. The van der Waals surface area contributed by atoms with Crippen molar-refractivity contribution in [3.05, 3.63) is 35.4 Å². The largest absolute Gasteiger partial charge is 0.314 e. The Labute approximate surface area is 155 Å². The van der Waals surface area contributed by atoms with Gasteiger partial charge in [-0.05, 0) is 42.5 Å². The van der Waals surface area contributed by atoms with Crippen molar-refractivity contribution in [3.63, 3.8) is 0 Å². The highest BCUT2D eigenvalue weighted by Crippen LogP contribution is 2.27. The predicted octanol–water partition coefficient (Wildman–Crippen LogP) is 4.05. The fourth-order valence-corrected chi connectivity index (χ4v) is 3.80. The van der Waals surface area contributed by atoms with Gasteiger partial charge in [-0.25, -0.2) is 0 Å². The molecule has 1 atom stereocenters. The Morgan fingerprint density at radius 2 is 1.56 bits per heavy atom. The summed E-state index contributed by atoms with van der Waals surface area (Å²) in [6, 6.07) is 9.95. The summed E-state index contributed by atoms with van der Waals surface area (Å²) in [5.41, 5.74) is 3.13. The van der Waals surface area contributed by atoms with Crippen molar-refractivity contribution in [1.29, 1.82) is 0 Å². The average molecular weight is 346 g/mol. The minimum Gasteiger partial charge on any atom is -0.314 e. The summed E-state index contributed by atoms with van der Waals surface area (Å²) in [4.78, 5) is 5.34. The van der Waals surface area contributed by atoms with E-state index in [0.29, 0.717) is 6.04 Å². The van der Waals surface area contributed by atoms with Gasteiger partial charge < -0.3 is 10.2 Å². The Balaban J connectivity index is 2.20. The van der Waals surface area contributed by atoms with Crippen LogP contribution in [0.2, 0.25) is 0 Å².